The van der Waals surface area contributed by atoms with Gasteiger partial charge in [0.2, 0.25) is 0 Å². The summed E-state index contributed by atoms with van der Waals surface area (Å²) < 4.78 is 8.09. The van der Waals surface area contributed by atoms with E-state index in [0.29, 0.717) is 38.8 Å². The van der Waals surface area contributed by atoms with Crippen molar-refractivity contribution < 1.29 is 4.42 Å². The molecule has 0 unspecified atom stereocenters. The van der Waals surface area contributed by atoms with Crippen molar-refractivity contribution in [1.82, 2.24) is 20.1 Å². The van der Waals surface area contributed by atoms with Gasteiger partial charge >= 0.3 is 0 Å². The van der Waals surface area contributed by atoms with Crippen LogP contribution in [-0.2, 0) is 0 Å². The summed E-state index contributed by atoms with van der Waals surface area (Å²) in [5.41, 5.74) is 9.23. The van der Waals surface area contributed by atoms with Crippen LogP contribution in [0.15, 0.2) is 47.3 Å². The Kier molecular flexibility index (Phi) is 4.70. The number of anilines is 1. The van der Waals surface area contributed by atoms with Gasteiger partial charge in [-0.1, -0.05) is 29.3 Å². The summed E-state index contributed by atoms with van der Waals surface area (Å²) in [6.45, 7) is 2.03. The van der Waals surface area contributed by atoms with E-state index in [1.54, 1.807) is 12.3 Å². The number of fused-ring (bicyclic) bond motifs is 1. The highest BCUT2D eigenvalue weighted by Gasteiger charge is 2.20. The predicted octanol–water partition coefficient (Wildman–Crippen LogP) is 5.17. The van der Waals surface area contributed by atoms with Crippen LogP contribution in [-0.4, -0.2) is 27.9 Å². The number of nitrogens with one attached hydrogen (secondary N) is 1. The fourth-order valence-electron chi connectivity index (χ4n) is 3.85. The third-order valence-electron chi connectivity index (χ3n) is 5.40. The van der Waals surface area contributed by atoms with Crippen molar-refractivity contribution in [3.63, 3.8) is 0 Å². The molecule has 3 N–H and O–H groups in total. The normalized spacial score (nSPS) is 15.2. The molecule has 0 bridgehead atoms. The van der Waals surface area contributed by atoms with Gasteiger partial charge in [0, 0.05) is 34.5 Å². The van der Waals surface area contributed by atoms with Crippen LogP contribution in [0, 0.1) is 0 Å². The highest BCUT2D eigenvalue weighted by atomic mass is 35.5. The molecule has 3 aromatic heterocycles. The van der Waals surface area contributed by atoms with Gasteiger partial charge in [0.15, 0.2) is 11.4 Å². The van der Waals surface area contributed by atoms with E-state index in [1.807, 2.05) is 29.1 Å². The number of nitrogen functional groups attached to an aromatic ring is 1. The molecule has 4 aromatic rings. The Labute approximate surface area is 177 Å². The molecule has 1 aliphatic heterocycles. The first-order valence-corrected chi connectivity index (χ1v) is 10.2. The monoisotopic (exact) mass is 427 g/mol. The molecule has 0 atom stereocenters. The summed E-state index contributed by atoms with van der Waals surface area (Å²) in [6.07, 6.45) is 7.84. The second-order valence-corrected chi connectivity index (χ2v) is 7.99. The van der Waals surface area contributed by atoms with Crippen LogP contribution in [0.25, 0.3) is 33.4 Å². The van der Waals surface area contributed by atoms with Gasteiger partial charge in [0.25, 0.3) is 0 Å². The Morgan fingerprint density at radius 3 is 2.79 bits per heavy atom. The lowest BCUT2D eigenvalue weighted by atomic mass is 10.1. The Morgan fingerprint density at radius 2 is 1.97 bits per heavy atom. The van der Waals surface area contributed by atoms with E-state index in [0.717, 1.165) is 42.4 Å². The number of hydrogen-bond donors (Lipinski definition) is 2. The average Bonchev–Trinajstić information content (AvgIpc) is 3.39. The van der Waals surface area contributed by atoms with Gasteiger partial charge in [0.05, 0.1) is 22.3 Å². The minimum atomic E-state index is 0.332. The highest BCUT2D eigenvalue weighted by Crippen LogP contribution is 2.40. The molecule has 0 amide bonds. The molecule has 29 heavy (non-hydrogen) atoms. The molecule has 0 aliphatic carbocycles. The molecule has 5 rings (SSSR count). The van der Waals surface area contributed by atoms with Crippen LogP contribution in [0.1, 0.15) is 18.9 Å². The first-order valence-electron chi connectivity index (χ1n) is 9.49. The number of piperidine rings is 1. The first-order chi connectivity index (χ1) is 14.1. The average molecular weight is 428 g/mol. The molecule has 0 spiro atoms. The number of furan rings is 1. The van der Waals surface area contributed by atoms with Crippen LogP contribution in [0.2, 0.25) is 10.0 Å². The fourth-order valence-corrected chi connectivity index (χ4v) is 4.24. The topological polar surface area (TPSA) is 81.9 Å². The lowest BCUT2D eigenvalue weighted by Gasteiger charge is -2.22. The van der Waals surface area contributed by atoms with Crippen molar-refractivity contribution in [2.75, 3.05) is 18.8 Å². The fraction of sp³-hybridized carbons (Fsp3) is 0.238. The molecule has 0 radical (unpaired) electrons. The number of nitrogens with zero attached hydrogens (tertiary/aromatic N) is 3. The van der Waals surface area contributed by atoms with E-state index in [4.69, 9.17) is 33.4 Å². The van der Waals surface area contributed by atoms with E-state index in [1.165, 1.54) is 0 Å². The van der Waals surface area contributed by atoms with E-state index in [9.17, 15) is 0 Å². The summed E-state index contributed by atoms with van der Waals surface area (Å²) in [5.74, 6) is 0.929. The standard InChI is InChI=1S/C21H19Cl2N5O/c22-17-3-1-2-14(19(17)23)18-8-15-16(10-26-21(24)20(15)29-18)12-9-27-28(11-12)13-4-6-25-7-5-13/h1-3,8-11,13,25H,4-7H2,(H2,24,26). The van der Waals surface area contributed by atoms with E-state index < -0.39 is 0 Å². The highest BCUT2D eigenvalue weighted by molar-refractivity contribution is 6.43. The van der Waals surface area contributed by atoms with Crippen molar-refractivity contribution in [3.8, 4) is 22.5 Å². The maximum Gasteiger partial charge on any atom is 0.177 e. The van der Waals surface area contributed by atoms with E-state index in [-0.39, 0.29) is 0 Å². The Bertz CT molecular complexity index is 1190. The molecule has 1 aliphatic rings. The molecule has 8 heteroatoms. The largest absolute Gasteiger partial charge is 0.452 e. The predicted molar refractivity (Wildman–Crippen MR) is 116 cm³/mol. The molecular formula is C21H19Cl2N5O. The summed E-state index contributed by atoms with van der Waals surface area (Å²) in [4.78, 5) is 4.33. The molecule has 6 nitrogen and oxygen atoms in total. The van der Waals surface area contributed by atoms with Gasteiger partial charge in [-0.3, -0.25) is 4.68 Å². The van der Waals surface area contributed by atoms with Gasteiger partial charge in [-0.15, -0.1) is 0 Å². The molecule has 4 heterocycles. The lowest BCUT2D eigenvalue weighted by molar-refractivity contribution is 0.343. The minimum Gasteiger partial charge on any atom is -0.452 e. The molecular weight excluding hydrogens is 409 g/mol. The van der Waals surface area contributed by atoms with Crippen LogP contribution < -0.4 is 11.1 Å². The number of aromatic nitrogens is 3. The van der Waals surface area contributed by atoms with Crippen LogP contribution in [0.4, 0.5) is 5.82 Å². The molecule has 148 valence electrons. The zero-order valence-electron chi connectivity index (χ0n) is 15.5. The number of nitrogens with two attached hydrogens (primary N) is 1. The van der Waals surface area contributed by atoms with Gasteiger partial charge in [-0.25, -0.2) is 4.98 Å². The number of hydrogen-bond acceptors (Lipinski definition) is 5. The van der Waals surface area contributed by atoms with Gasteiger partial charge in [-0.2, -0.15) is 5.10 Å². The van der Waals surface area contributed by atoms with Crippen molar-refractivity contribution >= 4 is 40.0 Å². The molecule has 1 saturated heterocycles. The van der Waals surface area contributed by atoms with Gasteiger partial charge in [-0.05, 0) is 44.1 Å². The number of benzene rings is 1. The first kappa shape index (κ1) is 18.5. The summed E-state index contributed by atoms with van der Waals surface area (Å²) in [6, 6.07) is 7.79. The summed E-state index contributed by atoms with van der Waals surface area (Å²) in [5, 5.41) is 9.76. The number of halogens is 2. The Morgan fingerprint density at radius 1 is 1.14 bits per heavy atom. The van der Waals surface area contributed by atoms with Crippen LogP contribution in [0.3, 0.4) is 0 Å². The lowest BCUT2D eigenvalue weighted by Crippen LogP contribution is -2.29. The SMILES string of the molecule is Nc1ncc(-c2cnn(C3CCNCC3)c2)c2cc(-c3cccc(Cl)c3Cl)oc12. The molecule has 0 saturated carbocycles. The van der Waals surface area contributed by atoms with E-state index >= 15 is 0 Å². The summed E-state index contributed by atoms with van der Waals surface area (Å²) in [7, 11) is 0. The van der Waals surface area contributed by atoms with Crippen molar-refractivity contribution in [1.29, 1.82) is 0 Å². The zero-order chi connectivity index (χ0) is 20.0. The molecule has 1 fully saturated rings. The smallest absolute Gasteiger partial charge is 0.177 e. The Balaban J connectivity index is 1.60. The third kappa shape index (κ3) is 3.27. The van der Waals surface area contributed by atoms with Gasteiger partial charge < -0.3 is 15.5 Å². The van der Waals surface area contributed by atoms with Crippen molar-refractivity contribution in [2.24, 2.45) is 0 Å². The van der Waals surface area contributed by atoms with E-state index in [2.05, 4.69) is 21.6 Å². The van der Waals surface area contributed by atoms with Crippen molar-refractivity contribution in [2.45, 2.75) is 18.9 Å². The Hall–Kier alpha value is -2.54. The summed E-state index contributed by atoms with van der Waals surface area (Å²) >= 11 is 12.6. The second-order valence-electron chi connectivity index (χ2n) is 7.20. The second kappa shape index (κ2) is 7.37. The maximum absolute atomic E-state index is 6.38. The van der Waals surface area contributed by atoms with Crippen molar-refractivity contribution in [3.05, 3.63) is 52.9 Å². The minimum absolute atomic E-state index is 0.332. The number of pyridine rings is 1. The quantitative estimate of drug-likeness (QED) is 0.471. The number of rotatable bonds is 3. The zero-order valence-corrected chi connectivity index (χ0v) is 17.0. The van der Waals surface area contributed by atoms with Crippen LogP contribution >= 0.6 is 23.2 Å². The third-order valence-corrected chi connectivity index (χ3v) is 6.22. The maximum atomic E-state index is 6.38. The van der Waals surface area contributed by atoms with Crippen LogP contribution in [0.5, 0.6) is 0 Å². The molecule has 1 aromatic carbocycles. The van der Waals surface area contributed by atoms with Gasteiger partial charge in [0.1, 0.15) is 5.76 Å².